The molecule has 0 aromatic carbocycles. The van der Waals surface area contributed by atoms with Gasteiger partial charge in [-0.15, -0.1) is 0 Å². The molecule has 5 nitrogen and oxygen atoms in total. The highest BCUT2D eigenvalue weighted by Crippen LogP contribution is 2.12. The minimum absolute atomic E-state index is 0.0379. The van der Waals surface area contributed by atoms with Gasteiger partial charge in [-0.3, -0.25) is 0 Å². The van der Waals surface area contributed by atoms with Crippen molar-refractivity contribution in [3.05, 3.63) is 12.4 Å². The maximum atomic E-state index is 5.35. The quantitative estimate of drug-likeness (QED) is 0.703. The molecule has 1 heterocycles. The van der Waals surface area contributed by atoms with E-state index in [2.05, 4.69) is 9.97 Å². The zero-order valence-electron chi connectivity index (χ0n) is 8.56. The van der Waals surface area contributed by atoms with Crippen molar-refractivity contribution >= 4 is 0 Å². The predicted octanol–water partition coefficient (Wildman–Crippen LogP) is 0.899. The smallest absolute Gasteiger partial charge is 0.220 e. The zero-order valence-corrected chi connectivity index (χ0v) is 8.56. The Balaban J connectivity index is 2.50. The summed E-state index contributed by atoms with van der Waals surface area (Å²) in [6.45, 7) is 2.37. The third-order valence-corrected chi connectivity index (χ3v) is 1.69. The fourth-order valence-corrected chi connectivity index (χ4v) is 0.784. The fraction of sp³-hybridized carbons (Fsp3) is 0.556. The normalized spacial score (nSPS) is 12.2. The summed E-state index contributed by atoms with van der Waals surface area (Å²) >= 11 is 0. The molecule has 1 aromatic rings. The number of rotatable bonds is 5. The Bertz CT molecular complexity index is 281. The van der Waals surface area contributed by atoms with Crippen LogP contribution in [-0.2, 0) is 4.74 Å². The maximum Gasteiger partial charge on any atom is 0.220 e. The number of hydrogen-bond donors (Lipinski definition) is 0. The lowest BCUT2D eigenvalue weighted by Crippen LogP contribution is -2.16. The maximum absolute atomic E-state index is 5.35. The van der Waals surface area contributed by atoms with Crippen molar-refractivity contribution in [1.29, 1.82) is 0 Å². The van der Waals surface area contributed by atoms with Gasteiger partial charge in [-0.1, -0.05) is 0 Å². The van der Waals surface area contributed by atoms with Crippen LogP contribution < -0.4 is 9.47 Å². The minimum atomic E-state index is 0.0379. The van der Waals surface area contributed by atoms with E-state index in [1.807, 2.05) is 6.92 Å². The van der Waals surface area contributed by atoms with Gasteiger partial charge in [-0.2, -0.15) is 0 Å². The molecule has 0 N–H and O–H groups in total. The molecule has 0 aliphatic rings. The lowest BCUT2D eigenvalue weighted by Gasteiger charge is -2.10. The van der Waals surface area contributed by atoms with Crippen LogP contribution in [0.15, 0.2) is 12.4 Å². The summed E-state index contributed by atoms with van der Waals surface area (Å²) in [5.74, 6) is 0.973. The summed E-state index contributed by atoms with van der Waals surface area (Å²) in [5, 5.41) is 0. The van der Waals surface area contributed by atoms with Gasteiger partial charge in [0.2, 0.25) is 11.8 Å². The van der Waals surface area contributed by atoms with Gasteiger partial charge >= 0.3 is 0 Å². The second-order valence-electron chi connectivity index (χ2n) is 2.76. The van der Waals surface area contributed by atoms with Crippen LogP contribution in [0.1, 0.15) is 6.92 Å². The molecule has 0 bridgehead atoms. The first-order valence-corrected chi connectivity index (χ1v) is 4.28. The number of nitrogens with zero attached hydrogens (tertiary/aromatic N) is 2. The topological polar surface area (TPSA) is 53.5 Å². The predicted molar refractivity (Wildman–Crippen MR) is 50.6 cm³/mol. The first kappa shape index (κ1) is 10.7. The molecule has 78 valence electrons. The third kappa shape index (κ3) is 3.18. The van der Waals surface area contributed by atoms with Crippen molar-refractivity contribution in [2.45, 2.75) is 13.0 Å². The van der Waals surface area contributed by atoms with Gasteiger partial charge in [0, 0.05) is 7.11 Å². The molecule has 0 saturated heterocycles. The number of methoxy groups -OCH3 is 2. The molecule has 0 amide bonds. The molecule has 0 radical (unpaired) electrons. The van der Waals surface area contributed by atoms with Crippen LogP contribution in [0.4, 0.5) is 0 Å². The number of ether oxygens (including phenoxy) is 3. The van der Waals surface area contributed by atoms with E-state index in [0.29, 0.717) is 18.4 Å². The van der Waals surface area contributed by atoms with Gasteiger partial charge in [0.1, 0.15) is 12.9 Å². The van der Waals surface area contributed by atoms with Crippen molar-refractivity contribution in [1.82, 2.24) is 9.97 Å². The van der Waals surface area contributed by atoms with E-state index in [1.165, 1.54) is 6.33 Å². The molecule has 0 aliphatic carbocycles. The molecule has 0 saturated carbocycles. The molecule has 14 heavy (non-hydrogen) atoms. The number of aromatic nitrogens is 2. The molecule has 0 aliphatic heterocycles. The van der Waals surface area contributed by atoms with Crippen LogP contribution in [-0.4, -0.2) is 36.9 Å². The van der Waals surface area contributed by atoms with Gasteiger partial charge in [0.05, 0.1) is 19.3 Å². The van der Waals surface area contributed by atoms with Gasteiger partial charge in [-0.25, -0.2) is 9.97 Å². The van der Waals surface area contributed by atoms with Crippen molar-refractivity contribution in [2.75, 3.05) is 20.8 Å². The highest BCUT2D eigenvalue weighted by atomic mass is 16.5. The van der Waals surface area contributed by atoms with Crippen molar-refractivity contribution in [2.24, 2.45) is 0 Å². The van der Waals surface area contributed by atoms with Crippen LogP contribution >= 0.6 is 0 Å². The second kappa shape index (κ2) is 5.39. The van der Waals surface area contributed by atoms with E-state index in [1.54, 1.807) is 20.3 Å². The standard InChI is InChI=1S/C9H14N2O3/c1-7(12-2)5-14-9-4-8(13-3)10-6-11-9/h4,6-7H,5H2,1-3H3. The molecule has 0 fully saturated rings. The summed E-state index contributed by atoms with van der Waals surface area (Å²) < 4.78 is 15.3. The van der Waals surface area contributed by atoms with Gasteiger partial charge in [-0.05, 0) is 6.92 Å². The summed E-state index contributed by atoms with van der Waals surface area (Å²) in [4.78, 5) is 7.79. The van der Waals surface area contributed by atoms with Crippen LogP contribution in [0.25, 0.3) is 0 Å². The molecular weight excluding hydrogens is 184 g/mol. The largest absolute Gasteiger partial charge is 0.481 e. The Morgan fingerprint density at radius 3 is 2.64 bits per heavy atom. The molecule has 1 atom stereocenters. The molecule has 1 rings (SSSR count). The average Bonchev–Trinajstić information content (AvgIpc) is 2.26. The Morgan fingerprint density at radius 2 is 2.00 bits per heavy atom. The van der Waals surface area contributed by atoms with Gasteiger partial charge in [0.25, 0.3) is 0 Å². The summed E-state index contributed by atoms with van der Waals surface area (Å²) in [6, 6.07) is 1.63. The van der Waals surface area contributed by atoms with Crippen LogP contribution in [0, 0.1) is 0 Å². The van der Waals surface area contributed by atoms with E-state index in [0.717, 1.165) is 0 Å². The second-order valence-corrected chi connectivity index (χ2v) is 2.76. The summed E-state index contributed by atoms with van der Waals surface area (Å²) in [6.07, 6.45) is 1.43. The van der Waals surface area contributed by atoms with Crippen molar-refractivity contribution < 1.29 is 14.2 Å². The summed E-state index contributed by atoms with van der Waals surface area (Å²) in [7, 11) is 3.18. The average molecular weight is 198 g/mol. The zero-order chi connectivity index (χ0) is 10.4. The minimum Gasteiger partial charge on any atom is -0.481 e. The Labute approximate surface area is 83.0 Å². The third-order valence-electron chi connectivity index (χ3n) is 1.69. The monoisotopic (exact) mass is 198 g/mol. The molecule has 1 unspecified atom stereocenters. The van der Waals surface area contributed by atoms with Gasteiger partial charge < -0.3 is 14.2 Å². The van der Waals surface area contributed by atoms with Crippen LogP contribution in [0.2, 0.25) is 0 Å². The number of hydrogen-bond acceptors (Lipinski definition) is 5. The Morgan fingerprint density at radius 1 is 1.29 bits per heavy atom. The van der Waals surface area contributed by atoms with Crippen LogP contribution in [0.5, 0.6) is 11.8 Å². The van der Waals surface area contributed by atoms with E-state index < -0.39 is 0 Å². The van der Waals surface area contributed by atoms with E-state index in [-0.39, 0.29) is 6.10 Å². The van der Waals surface area contributed by atoms with Crippen molar-refractivity contribution in [3.63, 3.8) is 0 Å². The molecule has 1 aromatic heterocycles. The Hall–Kier alpha value is -1.36. The van der Waals surface area contributed by atoms with E-state index in [4.69, 9.17) is 14.2 Å². The molecule has 5 heteroatoms. The highest BCUT2D eigenvalue weighted by molar-refractivity contribution is 5.17. The molecular formula is C9H14N2O3. The highest BCUT2D eigenvalue weighted by Gasteiger charge is 2.03. The lowest BCUT2D eigenvalue weighted by atomic mass is 10.4. The Kier molecular flexibility index (Phi) is 4.12. The van der Waals surface area contributed by atoms with Crippen molar-refractivity contribution in [3.8, 4) is 11.8 Å². The van der Waals surface area contributed by atoms with E-state index >= 15 is 0 Å². The lowest BCUT2D eigenvalue weighted by molar-refractivity contribution is 0.0697. The van der Waals surface area contributed by atoms with E-state index in [9.17, 15) is 0 Å². The SMILES string of the molecule is COc1cc(OCC(C)OC)ncn1. The first-order valence-electron chi connectivity index (χ1n) is 4.28. The first-order chi connectivity index (χ1) is 6.76. The molecule has 0 spiro atoms. The van der Waals surface area contributed by atoms with Crippen LogP contribution in [0.3, 0.4) is 0 Å². The summed E-state index contributed by atoms with van der Waals surface area (Å²) in [5.41, 5.74) is 0. The van der Waals surface area contributed by atoms with Gasteiger partial charge in [0.15, 0.2) is 0 Å². The fourth-order valence-electron chi connectivity index (χ4n) is 0.784.